The van der Waals surface area contributed by atoms with Crippen molar-refractivity contribution in [2.75, 3.05) is 9.80 Å². The summed E-state index contributed by atoms with van der Waals surface area (Å²) in [6, 6.07) is 95.8. The molecule has 0 heterocycles. The minimum absolute atomic E-state index is 0.588. The van der Waals surface area contributed by atoms with Crippen LogP contribution in [-0.4, -0.2) is 0 Å². The van der Waals surface area contributed by atoms with Crippen molar-refractivity contribution < 1.29 is 0 Å². The highest BCUT2D eigenvalue weighted by Crippen LogP contribution is 2.64. The zero-order valence-corrected chi connectivity index (χ0v) is 38.6. The second kappa shape index (κ2) is 14.4. The van der Waals surface area contributed by atoms with Gasteiger partial charge in [-0.2, -0.15) is 0 Å². The Bertz CT molecular complexity index is 4060. The Morgan fingerprint density at radius 1 is 0.197 bits per heavy atom. The minimum Gasteiger partial charge on any atom is -0.310 e. The van der Waals surface area contributed by atoms with Gasteiger partial charge in [0, 0.05) is 34.1 Å². The van der Waals surface area contributed by atoms with E-state index in [0.29, 0.717) is 0 Å². The molecule has 0 saturated heterocycles. The van der Waals surface area contributed by atoms with Crippen molar-refractivity contribution >= 4 is 98.8 Å². The first-order chi connectivity index (χ1) is 35.2. The first-order valence-corrected chi connectivity index (χ1v) is 24.7. The molecule has 2 nitrogen and oxygen atoms in total. The average molecular weight is 899 g/mol. The van der Waals surface area contributed by atoms with E-state index < -0.39 is 5.41 Å². The van der Waals surface area contributed by atoms with E-state index in [4.69, 9.17) is 0 Å². The molecular weight excluding hydrogens is 857 g/mol. The number of hydrogen-bond acceptors (Lipinski definition) is 2. The Morgan fingerprint density at radius 3 is 0.915 bits per heavy atom. The Labute approximate surface area is 411 Å². The molecule has 0 unspecified atom stereocenters. The minimum atomic E-state index is -0.588. The fraction of sp³-hybridized carbons (Fsp3) is 0.0145. The van der Waals surface area contributed by atoms with E-state index in [-0.39, 0.29) is 0 Å². The molecule has 0 bridgehead atoms. The van der Waals surface area contributed by atoms with Crippen molar-refractivity contribution in [2.24, 2.45) is 0 Å². The molecule has 0 atom stereocenters. The van der Waals surface area contributed by atoms with Gasteiger partial charge in [0.15, 0.2) is 0 Å². The van der Waals surface area contributed by atoms with E-state index in [0.717, 1.165) is 34.1 Å². The highest BCUT2D eigenvalue weighted by Gasteiger charge is 2.52. The molecule has 0 N–H and O–H groups in total. The second-order valence-electron chi connectivity index (χ2n) is 19.6. The molecule has 2 aliphatic carbocycles. The first kappa shape index (κ1) is 38.7. The van der Waals surface area contributed by atoms with Crippen molar-refractivity contribution in [3.05, 3.63) is 277 Å². The van der Waals surface area contributed by atoms with E-state index in [1.165, 1.54) is 109 Å². The van der Waals surface area contributed by atoms with Gasteiger partial charge in [-0.25, -0.2) is 0 Å². The van der Waals surface area contributed by atoms with Gasteiger partial charge in [-0.1, -0.05) is 182 Å². The summed E-state index contributed by atoms with van der Waals surface area (Å²) in [4.78, 5) is 4.93. The third-order valence-electron chi connectivity index (χ3n) is 16.0. The fourth-order valence-corrected chi connectivity index (χ4v) is 13.2. The average Bonchev–Trinajstić information content (AvgIpc) is 3.90. The molecular formula is C69H42N2. The van der Waals surface area contributed by atoms with Crippen LogP contribution in [0, 0.1) is 0 Å². The molecule has 14 aromatic carbocycles. The molecule has 0 radical (unpaired) electrons. The van der Waals surface area contributed by atoms with Crippen molar-refractivity contribution in [3.8, 4) is 22.3 Å². The predicted molar refractivity (Wildman–Crippen MR) is 300 cm³/mol. The van der Waals surface area contributed by atoms with Crippen molar-refractivity contribution in [3.63, 3.8) is 0 Å². The third-order valence-corrected chi connectivity index (χ3v) is 16.0. The van der Waals surface area contributed by atoms with Gasteiger partial charge in [0.2, 0.25) is 0 Å². The van der Waals surface area contributed by atoms with Crippen LogP contribution < -0.4 is 9.80 Å². The molecule has 14 aromatic rings. The Hall–Kier alpha value is -9.24. The van der Waals surface area contributed by atoms with Crippen LogP contribution in [0.4, 0.5) is 34.1 Å². The van der Waals surface area contributed by atoms with E-state index in [2.05, 4.69) is 265 Å². The van der Waals surface area contributed by atoms with Gasteiger partial charge in [0.05, 0.1) is 5.41 Å². The smallest absolute Gasteiger partial charge is 0.0727 e. The highest BCUT2D eigenvalue weighted by atomic mass is 15.1. The van der Waals surface area contributed by atoms with Gasteiger partial charge in [-0.05, 0) is 182 Å². The van der Waals surface area contributed by atoms with Crippen molar-refractivity contribution in [1.82, 2.24) is 0 Å². The number of fused-ring (bicyclic) bond motifs is 10. The van der Waals surface area contributed by atoms with Crippen LogP contribution in [-0.2, 0) is 5.41 Å². The van der Waals surface area contributed by atoms with Gasteiger partial charge in [0.25, 0.3) is 0 Å². The third kappa shape index (κ3) is 5.31. The molecule has 0 amide bonds. The maximum atomic E-state index is 2.51. The van der Waals surface area contributed by atoms with E-state index >= 15 is 0 Å². The fourth-order valence-electron chi connectivity index (χ4n) is 13.2. The first-order valence-electron chi connectivity index (χ1n) is 24.7. The molecule has 2 aliphatic rings. The van der Waals surface area contributed by atoms with Crippen LogP contribution in [0.25, 0.3) is 86.9 Å². The maximum absolute atomic E-state index is 2.51. The molecule has 0 fully saturated rings. The number of anilines is 6. The highest BCUT2D eigenvalue weighted by molar-refractivity contribution is 6.25. The molecule has 0 saturated carbocycles. The van der Waals surface area contributed by atoms with Gasteiger partial charge >= 0.3 is 0 Å². The Balaban J connectivity index is 0.936. The summed E-state index contributed by atoms with van der Waals surface area (Å²) in [5.74, 6) is 0. The Kier molecular flexibility index (Phi) is 7.85. The summed E-state index contributed by atoms with van der Waals surface area (Å²) in [6.07, 6.45) is 0. The quantitative estimate of drug-likeness (QED) is 0.153. The molecule has 328 valence electrons. The van der Waals surface area contributed by atoms with Crippen LogP contribution in [0.15, 0.2) is 255 Å². The molecule has 0 aliphatic heterocycles. The maximum Gasteiger partial charge on any atom is 0.0727 e. The predicted octanol–water partition coefficient (Wildman–Crippen LogP) is 18.8. The molecule has 1 spiro atoms. The van der Waals surface area contributed by atoms with Crippen LogP contribution in [0.5, 0.6) is 0 Å². The molecule has 16 rings (SSSR count). The number of nitrogens with zero attached hydrogens (tertiary/aromatic N) is 2. The second-order valence-corrected chi connectivity index (χ2v) is 19.6. The number of para-hydroxylation sites is 2. The van der Waals surface area contributed by atoms with Gasteiger partial charge in [-0.3, -0.25) is 0 Å². The van der Waals surface area contributed by atoms with Gasteiger partial charge in [0.1, 0.15) is 0 Å². The van der Waals surface area contributed by atoms with Crippen LogP contribution in [0.2, 0.25) is 0 Å². The summed E-state index contributed by atoms with van der Waals surface area (Å²) < 4.78 is 0. The SMILES string of the molecule is c1ccc(N(c2ccc3c(c2)C2(c4ccccc4-c4ccccc42)c2cc(N(c4ccccc4)c4cc5ccc6cccc7ccc(c4)c5c67)ccc2-3)c2cc3ccc4cccc5ccc(c2)c3c45)cc1. The lowest BCUT2D eigenvalue weighted by Crippen LogP contribution is -2.26. The molecule has 2 heteroatoms. The van der Waals surface area contributed by atoms with Crippen molar-refractivity contribution in [2.45, 2.75) is 5.41 Å². The number of benzene rings is 14. The van der Waals surface area contributed by atoms with E-state index in [9.17, 15) is 0 Å². The molecule has 71 heavy (non-hydrogen) atoms. The topological polar surface area (TPSA) is 6.48 Å². The van der Waals surface area contributed by atoms with E-state index in [1.54, 1.807) is 0 Å². The lowest BCUT2D eigenvalue weighted by molar-refractivity contribution is 0.793. The van der Waals surface area contributed by atoms with Gasteiger partial charge in [-0.15, -0.1) is 0 Å². The monoisotopic (exact) mass is 898 g/mol. The molecule has 0 aromatic heterocycles. The number of hydrogen-bond donors (Lipinski definition) is 0. The lowest BCUT2D eigenvalue weighted by Gasteiger charge is -2.33. The standard InChI is InChI=1S/C69H42N2/c1-3-17-51(18-4-1)70(55-37-47-29-25-43-13-11-14-44-26-30-48(38-55)67(47)65(43)44)53-33-35-59-60-36-34-54(42-64(60)69(63(59)41-53)61-23-9-7-21-57(61)58-22-8-10-24-62(58)69)71(52-19-5-2-6-20-52)56-39-49-31-27-45-15-12-16-46-28-32-50(40-56)68(49)66(45)46/h1-42H. The van der Waals surface area contributed by atoms with Crippen LogP contribution in [0.3, 0.4) is 0 Å². The summed E-state index contributed by atoms with van der Waals surface area (Å²) in [5.41, 5.74) is 16.5. The van der Waals surface area contributed by atoms with Crippen LogP contribution >= 0.6 is 0 Å². The summed E-state index contributed by atoms with van der Waals surface area (Å²) in [6.45, 7) is 0. The van der Waals surface area contributed by atoms with Crippen molar-refractivity contribution in [1.29, 1.82) is 0 Å². The summed E-state index contributed by atoms with van der Waals surface area (Å²) >= 11 is 0. The van der Waals surface area contributed by atoms with Crippen LogP contribution in [0.1, 0.15) is 22.3 Å². The summed E-state index contributed by atoms with van der Waals surface area (Å²) in [5, 5.41) is 15.4. The zero-order valence-electron chi connectivity index (χ0n) is 38.6. The summed E-state index contributed by atoms with van der Waals surface area (Å²) in [7, 11) is 0. The normalized spacial score (nSPS) is 13.2. The number of rotatable bonds is 6. The lowest BCUT2D eigenvalue weighted by atomic mass is 9.70. The van der Waals surface area contributed by atoms with Gasteiger partial charge < -0.3 is 9.80 Å². The zero-order chi connectivity index (χ0) is 46.4. The largest absolute Gasteiger partial charge is 0.310 e. The van der Waals surface area contributed by atoms with E-state index in [1.807, 2.05) is 0 Å². The Morgan fingerprint density at radius 2 is 0.521 bits per heavy atom.